The van der Waals surface area contributed by atoms with Crippen LogP contribution in [0.15, 0.2) is 97.1 Å². The van der Waals surface area contributed by atoms with E-state index in [-0.39, 0.29) is 0 Å². The molecule has 1 heterocycles. The monoisotopic (exact) mass is 560 g/mol. The van der Waals surface area contributed by atoms with Crippen LogP contribution < -0.4 is 0 Å². The molecule has 1 aliphatic heterocycles. The van der Waals surface area contributed by atoms with Gasteiger partial charge in [-0.2, -0.15) is 0 Å². The first-order chi connectivity index (χ1) is 16.5. The average molecular weight is 562 g/mol. The summed E-state index contributed by atoms with van der Waals surface area (Å²) in [6.45, 7) is 0. The Morgan fingerprint density at radius 2 is 0.588 bits per heavy atom. The molecular weight excluding hydrogens is 542 g/mol. The van der Waals surface area contributed by atoms with Gasteiger partial charge in [0, 0.05) is 31.6 Å². The quantitative estimate of drug-likeness (QED) is 0.243. The van der Waals surface area contributed by atoms with Crippen LogP contribution in [0.2, 0.25) is 20.1 Å². The van der Waals surface area contributed by atoms with Crippen molar-refractivity contribution >= 4 is 69.9 Å². The Bertz CT molecular complexity index is 1070. The minimum Gasteiger partial charge on any atom is -0.142 e. The highest BCUT2D eigenvalue weighted by atomic mass is 35.5. The van der Waals surface area contributed by atoms with Crippen molar-refractivity contribution in [1.29, 1.82) is 0 Å². The SMILES string of the molecule is Clc1ccc(C2(c3ccc(Cl)cc3)SCCSC2(c2ccc(Cl)cc2)c2ccc(Cl)cc2)cc1. The van der Waals surface area contributed by atoms with Crippen molar-refractivity contribution in [3.63, 3.8) is 0 Å². The molecule has 0 atom stereocenters. The van der Waals surface area contributed by atoms with E-state index < -0.39 is 9.49 Å². The molecule has 0 N–H and O–H groups in total. The van der Waals surface area contributed by atoms with Crippen LogP contribution in [0.4, 0.5) is 0 Å². The highest BCUT2D eigenvalue weighted by Crippen LogP contribution is 2.66. The first kappa shape index (κ1) is 24.4. The molecule has 1 fully saturated rings. The summed E-state index contributed by atoms with van der Waals surface area (Å²) < 4.78 is -0.931. The fourth-order valence-corrected chi connectivity index (χ4v) is 9.04. The van der Waals surface area contributed by atoms with Gasteiger partial charge in [0.2, 0.25) is 0 Å². The normalized spacial score (nSPS) is 16.8. The zero-order chi connectivity index (χ0) is 23.8. The second kappa shape index (κ2) is 10.0. The molecule has 0 aliphatic carbocycles. The predicted octanol–water partition coefficient (Wildman–Crippen LogP) is 9.97. The smallest absolute Gasteiger partial charge is 0.0886 e. The van der Waals surface area contributed by atoms with E-state index in [1.807, 2.05) is 72.1 Å². The summed E-state index contributed by atoms with van der Waals surface area (Å²) in [4.78, 5) is 0. The third-order valence-electron chi connectivity index (χ3n) is 6.22. The van der Waals surface area contributed by atoms with E-state index in [4.69, 9.17) is 46.4 Å². The topological polar surface area (TPSA) is 0 Å². The Balaban J connectivity index is 1.91. The third-order valence-corrected chi connectivity index (χ3v) is 10.9. The van der Waals surface area contributed by atoms with Gasteiger partial charge in [-0.1, -0.05) is 94.9 Å². The molecule has 34 heavy (non-hydrogen) atoms. The van der Waals surface area contributed by atoms with Gasteiger partial charge >= 0.3 is 0 Å². The molecule has 1 aliphatic rings. The van der Waals surface area contributed by atoms with Crippen LogP contribution >= 0.6 is 69.9 Å². The molecule has 1 saturated heterocycles. The molecule has 5 rings (SSSR count). The summed E-state index contributed by atoms with van der Waals surface area (Å²) in [5, 5.41) is 2.86. The number of benzene rings is 4. The van der Waals surface area contributed by atoms with Gasteiger partial charge in [0.15, 0.2) is 0 Å². The van der Waals surface area contributed by atoms with Gasteiger partial charge in [-0.05, 0) is 70.8 Å². The Labute approximate surface area is 229 Å². The number of thioether (sulfide) groups is 2. The van der Waals surface area contributed by atoms with E-state index >= 15 is 0 Å². The van der Waals surface area contributed by atoms with E-state index in [0.29, 0.717) is 20.1 Å². The van der Waals surface area contributed by atoms with Crippen molar-refractivity contribution in [2.45, 2.75) is 9.49 Å². The number of halogens is 4. The van der Waals surface area contributed by atoms with E-state index in [9.17, 15) is 0 Å². The molecular formula is C28H20Cl4S2. The Kier molecular flexibility index (Phi) is 7.19. The molecule has 0 nitrogen and oxygen atoms in total. The lowest BCUT2D eigenvalue weighted by Gasteiger charge is -2.54. The molecule has 0 radical (unpaired) electrons. The fourth-order valence-electron chi connectivity index (χ4n) is 4.81. The highest BCUT2D eigenvalue weighted by molar-refractivity contribution is 8.07. The van der Waals surface area contributed by atoms with Crippen molar-refractivity contribution in [2.75, 3.05) is 11.5 Å². The van der Waals surface area contributed by atoms with Crippen molar-refractivity contribution < 1.29 is 0 Å². The van der Waals surface area contributed by atoms with Gasteiger partial charge in [-0.25, -0.2) is 0 Å². The maximum absolute atomic E-state index is 6.34. The summed E-state index contributed by atoms with van der Waals surface area (Å²) in [5.41, 5.74) is 4.73. The molecule has 0 bridgehead atoms. The Morgan fingerprint density at radius 1 is 0.382 bits per heavy atom. The van der Waals surface area contributed by atoms with E-state index in [0.717, 1.165) is 11.5 Å². The van der Waals surface area contributed by atoms with Crippen LogP contribution in [0.1, 0.15) is 22.3 Å². The van der Waals surface area contributed by atoms with Crippen LogP contribution in [-0.4, -0.2) is 11.5 Å². The summed E-state index contributed by atoms with van der Waals surface area (Å²) >= 11 is 29.3. The average Bonchev–Trinajstić information content (AvgIpc) is 2.86. The van der Waals surface area contributed by atoms with Gasteiger partial charge in [0.25, 0.3) is 0 Å². The highest BCUT2D eigenvalue weighted by Gasteiger charge is 2.58. The van der Waals surface area contributed by atoms with Crippen molar-refractivity contribution in [2.24, 2.45) is 0 Å². The summed E-state index contributed by atoms with van der Waals surface area (Å²) in [7, 11) is 0. The molecule has 6 heteroatoms. The summed E-state index contributed by atoms with van der Waals surface area (Å²) in [5.74, 6) is 2.00. The second-order valence-electron chi connectivity index (χ2n) is 8.09. The second-order valence-corrected chi connectivity index (χ2v) is 12.5. The van der Waals surface area contributed by atoms with E-state index in [2.05, 4.69) is 48.5 Å². The number of hydrogen-bond acceptors (Lipinski definition) is 2. The maximum atomic E-state index is 6.34. The predicted molar refractivity (Wildman–Crippen MR) is 152 cm³/mol. The van der Waals surface area contributed by atoms with Crippen LogP contribution in [0, 0.1) is 0 Å². The van der Waals surface area contributed by atoms with Crippen LogP contribution in [0.25, 0.3) is 0 Å². The van der Waals surface area contributed by atoms with Crippen molar-refractivity contribution in [1.82, 2.24) is 0 Å². The van der Waals surface area contributed by atoms with Gasteiger partial charge in [0.1, 0.15) is 0 Å². The molecule has 4 aromatic rings. The molecule has 0 aromatic heterocycles. The number of rotatable bonds is 4. The lowest BCUT2D eigenvalue weighted by atomic mass is 9.71. The van der Waals surface area contributed by atoms with Gasteiger partial charge in [0.05, 0.1) is 9.49 Å². The van der Waals surface area contributed by atoms with E-state index in [1.165, 1.54) is 22.3 Å². The largest absolute Gasteiger partial charge is 0.142 e. The van der Waals surface area contributed by atoms with Crippen LogP contribution in [0.5, 0.6) is 0 Å². The lowest BCUT2D eigenvalue weighted by Crippen LogP contribution is -2.49. The van der Waals surface area contributed by atoms with E-state index in [1.54, 1.807) is 0 Å². The Morgan fingerprint density at radius 3 is 0.794 bits per heavy atom. The molecule has 0 saturated carbocycles. The van der Waals surface area contributed by atoms with Gasteiger partial charge < -0.3 is 0 Å². The Hall–Kier alpha value is -1.26. The zero-order valence-electron chi connectivity index (χ0n) is 18.0. The number of hydrogen-bond donors (Lipinski definition) is 0. The maximum Gasteiger partial charge on any atom is 0.0886 e. The molecule has 4 aromatic carbocycles. The van der Waals surface area contributed by atoms with Gasteiger partial charge in [-0.3, -0.25) is 0 Å². The minimum atomic E-state index is -0.466. The zero-order valence-corrected chi connectivity index (χ0v) is 22.6. The molecule has 0 spiro atoms. The standard InChI is InChI=1S/C28H20Cl4S2/c29-23-9-1-19(2-10-23)27(20-3-11-24(30)12-4-20)28(34-18-17-33-27,21-5-13-25(31)14-6-21)22-7-15-26(32)16-8-22/h1-16H,17-18H2. The van der Waals surface area contributed by atoms with Crippen molar-refractivity contribution in [3.8, 4) is 0 Å². The van der Waals surface area contributed by atoms with Crippen molar-refractivity contribution in [3.05, 3.63) is 139 Å². The molecule has 0 unspecified atom stereocenters. The molecule has 0 amide bonds. The lowest BCUT2D eigenvalue weighted by molar-refractivity contribution is 0.580. The van der Waals surface area contributed by atoms with Crippen LogP contribution in [-0.2, 0) is 9.49 Å². The minimum absolute atomic E-state index is 0.466. The fraction of sp³-hybridized carbons (Fsp3) is 0.143. The first-order valence-corrected chi connectivity index (χ1v) is 14.3. The van der Waals surface area contributed by atoms with Gasteiger partial charge in [-0.15, -0.1) is 23.5 Å². The summed E-state index contributed by atoms with van der Waals surface area (Å²) in [6.07, 6.45) is 0. The first-order valence-electron chi connectivity index (χ1n) is 10.8. The molecule has 172 valence electrons. The third kappa shape index (κ3) is 4.17. The van der Waals surface area contributed by atoms with Crippen LogP contribution in [0.3, 0.4) is 0 Å². The summed E-state index contributed by atoms with van der Waals surface area (Å²) in [6, 6.07) is 33.0.